The summed E-state index contributed by atoms with van der Waals surface area (Å²) in [5.41, 5.74) is 0. The van der Waals surface area contributed by atoms with Gasteiger partial charge in [0.25, 0.3) is 0 Å². The number of halogens is 2. The lowest BCUT2D eigenvalue weighted by Crippen LogP contribution is -1.99. The fourth-order valence-electron chi connectivity index (χ4n) is 0.662. The zero-order chi connectivity index (χ0) is 8.27. The highest BCUT2D eigenvalue weighted by molar-refractivity contribution is 6.32. The summed E-state index contributed by atoms with van der Waals surface area (Å²) in [6, 6.07) is 1.62. The van der Waals surface area contributed by atoms with E-state index in [9.17, 15) is 0 Å². The highest BCUT2D eigenvalue weighted by Gasteiger charge is 1.98. The fourth-order valence-corrected chi connectivity index (χ4v) is 1.07. The van der Waals surface area contributed by atoms with Gasteiger partial charge in [0.1, 0.15) is 11.0 Å². The number of rotatable bonds is 2. The summed E-state index contributed by atoms with van der Waals surface area (Å²) in [6.07, 6.45) is 0. The maximum absolute atomic E-state index is 5.61. The lowest BCUT2D eigenvalue weighted by molar-refractivity contribution is 1.11. The van der Waals surface area contributed by atoms with Gasteiger partial charge in [0.15, 0.2) is 0 Å². The monoisotopic (exact) mass is 191 g/mol. The van der Waals surface area contributed by atoms with E-state index in [1.165, 1.54) is 0 Å². The normalized spacial score (nSPS) is 9.73. The van der Waals surface area contributed by atoms with Gasteiger partial charge >= 0.3 is 0 Å². The largest absolute Gasteiger partial charge is 0.370 e. The summed E-state index contributed by atoms with van der Waals surface area (Å²) >= 11 is 11.1. The Morgan fingerprint density at radius 1 is 1.45 bits per heavy atom. The van der Waals surface area contributed by atoms with Crippen molar-refractivity contribution in [2.24, 2.45) is 0 Å². The van der Waals surface area contributed by atoms with Crippen molar-refractivity contribution in [2.75, 3.05) is 11.9 Å². The summed E-state index contributed by atoms with van der Waals surface area (Å²) in [5.74, 6) is 0.650. The molecular formula is C6H7Cl2N3. The van der Waals surface area contributed by atoms with Crippen LogP contribution in [-0.4, -0.2) is 16.5 Å². The van der Waals surface area contributed by atoms with Crippen molar-refractivity contribution in [3.8, 4) is 0 Å². The van der Waals surface area contributed by atoms with Crippen molar-refractivity contribution in [3.05, 3.63) is 16.5 Å². The Labute approximate surface area is 74.8 Å². The van der Waals surface area contributed by atoms with Crippen LogP contribution in [0, 0.1) is 0 Å². The van der Waals surface area contributed by atoms with Crippen LogP contribution in [0.2, 0.25) is 10.4 Å². The van der Waals surface area contributed by atoms with Crippen LogP contribution >= 0.6 is 23.2 Å². The van der Waals surface area contributed by atoms with Crippen molar-refractivity contribution >= 4 is 29.0 Å². The fraction of sp³-hybridized carbons (Fsp3) is 0.333. The molecule has 0 amide bonds. The maximum Gasteiger partial charge on any atom is 0.225 e. The molecule has 0 spiro atoms. The van der Waals surface area contributed by atoms with E-state index in [-0.39, 0.29) is 5.28 Å². The second kappa shape index (κ2) is 3.74. The number of nitrogens with one attached hydrogen (secondary N) is 1. The molecule has 5 heteroatoms. The SMILES string of the molecule is CCNc1cc(Cl)nc(Cl)n1. The average Bonchev–Trinajstić information content (AvgIpc) is 1.85. The Morgan fingerprint density at radius 2 is 2.18 bits per heavy atom. The van der Waals surface area contributed by atoms with E-state index in [4.69, 9.17) is 23.2 Å². The average molecular weight is 192 g/mol. The summed E-state index contributed by atoms with van der Waals surface area (Å²) in [7, 11) is 0. The Kier molecular flexibility index (Phi) is 2.91. The lowest BCUT2D eigenvalue weighted by atomic mass is 10.5. The second-order valence-corrected chi connectivity index (χ2v) is 2.60. The minimum absolute atomic E-state index is 0.161. The highest BCUT2D eigenvalue weighted by Crippen LogP contribution is 2.13. The molecule has 0 saturated carbocycles. The Hall–Kier alpha value is -0.540. The third kappa shape index (κ3) is 2.52. The zero-order valence-electron chi connectivity index (χ0n) is 5.93. The molecule has 1 rings (SSSR count). The van der Waals surface area contributed by atoms with Gasteiger partial charge in [0.05, 0.1) is 0 Å². The summed E-state index contributed by atoms with van der Waals surface area (Å²) in [6.45, 7) is 2.74. The molecule has 1 aromatic heterocycles. The highest BCUT2D eigenvalue weighted by atomic mass is 35.5. The van der Waals surface area contributed by atoms with Gasteiger partial charge in [-0.1, -0.05) is 11.6 Å². The summed E-state index contributed by atoms with van der Waals surface area (Å²) in [5, 5.41) is 3.48. The molecule has 0 aliphatic carbocycles. The molecule has 0 saturated heterocycles. The van der Waals surface area contributed by atoms with E-state index < -0.39 is 0 Å². The van der Waals surface area contributed by atoms with Crippen LogP contribution < -0.4 is 5.32 Å². The molecule has 3 nitrogen and oxygen atoms in total. The molecule has 1 aromatic rings. The van der Waals surface area contributed by atoms with E-state index in [2.05, 4.69) is 15.3 Å². The quantitative estimate of drug-likeness (QED) is 0.576. The minimum Gasteiger partial charge on any atom is -0.370 e. The standard InChI is InChI=1S/C6H7Cl2N3/c1-2-9-5-3-4(7)10-6(8)11-5/h3H,2H2,1H3,(H,9,10,11). The van der Waals surface area contributed by atoms with Gasteiger partial charge in [-0.15, -0.1) is 0 Å². The summed E-state index contributed by atoms with van der Waals surface area (Å²) < 4.78 is 0. The topological polar surface area (TPSA) is 37.8 Å². The van der Waals surface area contributed by atoms with E-state index in [1.807, 2.05) is 6.92 Å². The molecule has 0 fully saturated rings. The van der Waals surface area contributed by atoms with Crippen LogP contribution in [0.3, 0.4) is 0 Å². The Balaban J connectivity index is 2.89. The third-order valence-corrected chi connectivity index (χ3v) is 1.39. The molecule has 0 aromatic carbocycles. The molecule has 0 aliphatic rings. The maximum atomic E-state index is 5.61. The smallest absolute Gasteiger partial charge is 0.225 e. The van der Waals surface area contributed by atoms with Crippen LogP contribution in [0.25, 0.3) is 0 Å². The molecule has 0 bridgehead atoms. The predicted octanol–water partition coefficient (Wildman–Crippen LogP) is 2.22. The van der Waals surface area contributed by atoms with Crippen LogP contribution in [0.15, 0.2) is 6.07 Å². The van der Waals surface area contributed by atoms with Gasteiger partial charge in [-0.25, -0.2) is 9.97 Å². The molecule has 0 aliphatic heterocycles. The van der Waals surface area contributed by atoms with E-state index in [0.717, 1.165) is 6.54 Å². The van der Waals surface area contributed by atoms with Gasteiger partial charge < -0.3 is 5.32 Å². The van der Waals surface area contributed by atoms with E-state index >= 15 is 0 Å². The molecule has 0 radical (unpaired) electrons. The number of hydrogen-bond acceptors (Lipinski definition) is 3. The number of hydrogen-bond donors (Lipinski definition) is 1. The van der Waals surface area contributed by atoms with Crippen LogP contribution in [0.5, 0.6) is 0 Å². The molecule has 11 heavy (non-hydrogen) atoms. The van der Waals surface area contributed by atoms with Gasteiger partial charge in [-0.2, -0.15) is 0 Å². The lowest BCUT2D eigenvalue weighted by Gasteiger charge is -2.01. The van der Waals surface area contributed by atoms with Gasteiger partial charge in [-0.05, 0) is 18.5 Å². The van der Waals surface area contributed by atoms with Gasteiger partial charge in [0.2, 0.25) is 5.28 Å². The Bertz CT molecular complexity index is 231. The zero-order valence-corrected chi connectivity index (χ0v) is 7.45. The van der Waals surface area contributed by atoms with Gasteiger partial charge in [0, 0.05) is 12.6 Å². The summed E-state index contributed by atoms with van der Waals surface area (Å²) in [4.78, 5) is 7.58. The minimum atomic E-state index is 0.161. The van der Waals surface area contributed by atoms with Crippen LogP contribution in [0.4, 0.5) is 5.82 Å². The van der Waals surface area contributed by atoms with Crippen molar-refractivity contribution in [1.82, 2.24) is 9.97 Å². The Morgan fingerprint density at radius 3 is 2.73 bits per heavy atom. The van der Waals surface area contributed by atoms with E-state index in [0.29, 0.717) is 11.0 Å². The number of anilines is 1. The first kappa shape index (κ1) is 8.56. The number of aromatic nitrogens is 2. The van der Waals surface area contributed by atoms with E-state index in [1.54, 1.807) is 6.07 Å². The first-order valence-electron chi connectivity index (χ1n) is 3.16. The van der Waals surface area contributed by atoms with Gasteiger partial charge in [-0.3, -0.25) is 0 Å². The molecule has 0 unspecified atom stereocenters. The first-order valence-corrected chi connectivity index (χ1v) is 3.92. The predicted molar refractivity (Wildman–Crippen MR) is 46.2 cm³/mol. The molecular weight excluding hydrogens is 185 g/mol. The van der Waals surface area contributed by atoms with Crippen LogP contribution in [0.1, 0.15) is 6.92 Å². The van der Waals surface area contributed by atoms with Crippen molar-refractivity contribution in [2.45, 2.75) is 6.92 Å². The first-order chi connectivity index (χ1) is 5.22. The van der Waals surface area contributed by atoms with Crippen molar-refractivity contribution in [3.63, 3.8) is 0 Å². The second-order valence-electron chi connectivity index (χ2n) is 1.88. The van der Waals surface area contributed by atoms with Crippen LogP contribution in [-0.2, 0) is 0 Å². The molecule has 1 heterocycles. The molecule has 0 atom stereocenters. The van der Waals surface area contributed by atoms with Crippen molar-refractivity contribution < 1.29 is 0 Å². The molecule has 1 N–H and O–H groups in total. The van der Waals surface area contributed by atoms with Crippen molar-refractivity contribution in [1.29, 1.82) is 0 Å². The third-order valence-electron chi connectivity index (χ3n) is 1.03. The number of nitrogens with zero attached hydrogens (tertiary/aromatic N) is 2. The molecule has 60 valence electrons.